The predicted molar refractivity (Wildman–Crippen MR) is 246 cm³/mol. The molecule has 0 radical (unpaired) electrons. The Hall–Kier alpha value is -8.02. The Morgan fingerprint density at radius 3 is 1.88 bits per heavy atom. The second-order valence-electron chi connectivity index (χ2n) is 14.8. The summed E-state index contributed by atoms with van der Waals surface area (Å²) in [7, 11) is 0. The lowest BCUT2D eigenvalue weighted by atomic mass is 9.65. The Morgan fingerprint density at radius 2 is 1.18 bits per heavy atom. The lowest BCUT2D eigenvalue weighted by molar-refractivity contribution is 0.436. The molecule has 6 aromatic carbocycles. The second kappa shape index (κ2) is 14.7. The fraction of sp³-hybridized carbons (Fsp3) is 0.0182. The number of aromatic nitrogens is 4. The van der Waals surface area contributed by atoms with Crippen LogP contribution in [0, 0.1) is 0 Å². The van der Waals surface area contributed by atoms with Crippen molar-refractivity contribution < 1.29 is 4.74 Å². The van der Waals surface area contributed by atoms with Gasteiger partial charge in [-0.05, 0) is 87.0 Å². The van der Waals surface area contributed by atoms with E-state index in [1.807, 2.05) is 42.6 Å². The monoisotopic (exact) mass is 770 g/mol. The normalized spacial score (nSPS) is 13.2. The van der Waals surface area contributed by atoms with Crippen LogP contribution < -0.4 is 4.74 Å². The average molecular weight is 771 g/mol. The molecule has 1 spiro atoms. The van der Waals surface area contributed by atoms with Gasteiger partial charge in [-0.25, -0.2) is 15.0 Å². The molecule has 8 aromatic rings. The summed E-state index contributed by atoms with van der Waals surface area (Å²) in [6, 6.07) is 49.5. The van der Waals surface area contributed by atoms with Crippen LogP contribution in [0.15, 0.2) is 208 Å². The molecule has 284 valence electrons. The van der Waals surface area contributed by atoms with Crippen LogP contribution in [0.25, 0.3) is 66.8 Å². The Labute approximate surface area is 349 Å². The summed E-state index contributed by atoms with van der Waals surface area (Å²) in [5, 5.41) is 1.13. The molecule has 1 aliphatic carbocycles. The molecule has 0 amide bonds. The SMILES string of the molecule is C=C/C=C\C(=C)c1nc(/C(C=C)=C/C=C)nc(-c2ccc3c(c2)C2(c4cc(-c5ccc(-c6cccc7ncccc67)cc5)ccc4O3)c3ccccc3-c3ccccc32)n1. The summed E-state index contributed by atoms with van der Waals surface area (Å²) in [4.78, 5) is 19.4. The highest BCUT2D eigenvalue weighted by atomic mass is 16.5. The maximum absolute atomic E-state index is 6.89. The molecule has 60 heavy (non-hydrogen) atoms. The zero-order valence-corrected chi connectivity index (χ0v) is 32.8. The van der Waals surface area contributed by atoms with E-state index < -0.39 is 5.41 Å². The number of hydrogen-bond donors (Lipinski definition) is 0. The van der Waals surface area contributed by atoms with Crippen molar-refractivity contribution in [3.05, 3.63) is 242 Å². The predicted octanol–water partition coefficient (Wildman–Crippen LogP) is 13.4. The van der Waals surface area contributed by atoms with Crippen LogP contribution in [-0.4, -0.2) is 19.9 Å². The molecule has 0 atom stereocenters. The van der Waals surface area contributed by atoms with Crippen LogP contribution in [0.1, 0.15) is 33.9 Å². The minimum atomic E-state index is -0.720. The Bertz CT molecular complexity index is 3100. The highest BCUT2D eigenvalue weighted by Gasteiger charge is 2.51. The van der Waals surface area contributed by atoms with Crippen molar-refractivity contribution in [2.45, 2.75) is 5.41 Å². The van der Waals surface area contributed by atoms with Crippen molar-refractivity contribution >= 4 is 22.0 Å². The quantitative estimate of drug-likeness (QED) is 0.137. The molecule has 0 saturated carbocycles. The standard InChI is InChI=1S/C55H38N4O/c1-5-8-16-35(4)52-57-53(36(7-3)15-6-2)59-54(58-52)40-29-31-51-48(34-40)55(45-21-11-9-17-42(45)43-18-10-12-22-46(43)55)47-33-39(28-30-50(47)60-51)37-24-26-38(27-25-37)41-19-13-23-49-44(41)20-14-32-56-49/h5-34H,1-4H2/b16-8-,36-15+. The summed E-state index contributed by atoms with van der Waals surface area (Å²) in [6.07, 6.45) is 12.4. The van der Waals surface area contributed by atoms with Crippen LogP contribution in [0.5, 0.6) is 11.5 Å². The molecule has 1 aliphatic heterocycles. The first-order valence-electron chi connectivity index (χ1n) is 19.8. The summed E-state index contributed by atoms with van der Waals surface area (Å²) < 4.78 is 6.89. The molecular formula is C55H38N4O. The van der Waals surface area contributed by atoms with Crippen LogP contribution >= 0.6 is 0 Å². The van der Waals surface area contributed by atoms with Crippen LogP contribution in [-0.2, 0) is 5.41 Å². The largest absolute Gasteiger partial charge is 0.457 e. The average Bonchev–Trinajstić information content (AvgIpc) is 3.60. The van der Waals surface area contributed by atoms with Gasteiger partial charge in [-0.3, -0.25) is 4.98 Å². The third-order valence-corrected chi connectivity index (χ3v) is 11.5. The molecule has 0 fully saturated rings. The van der Waals surface area contributed by atoms with E-state index in [9.17, 15) is 0 Å². The molecule has 0 unspecified atom stereocenters. The number of benzene rings is 6. The Kier molecular flexibility index (Phi) is 8.92. The molecule has 2 aliphatic rings. The molecule has 2 aromatic heterocycles. The van der Waals surface area contributed by atoms with E-state index in [1.165, 1.54) is 22.3 Å². The fourth-order valence-electron chi connectivity index (χ4n) is 8.82. The van der Waals surface area contributed by atoms with Crippen LogP contribution in [0.3, 0.4) is 0 Å². The van der Waals surface area contributed by atoms with Crippen molar-refractivity contribution in [3.8, 4) is 56.3 Å². The highest BCUT2D eigenvalue weighted by Crippen LogP contribution is 2.62. The van der Waals surface area contributed by atoms with Gasteiger partial charge in [0.2, 0.25) is 0 Å². The summed E-state index contributed by atoms with van der Waals surface area (Å²) in [5.74, 6) is 3.00. The van der Waals surface area contributed by atoms with Gasteiger partial charge in [0.05, 0.1) is 10.9 Å². The third-order valence-electron chi connectivity index (χ3n) is 11.5. The van der Waals surface area contributed by atoms with Gasteiger partial charge in [0, 0.05) is 39.4 Å². The fourth-order valence-corrected chi connectivity index (χ4v) is 8.82. The van der Waals surface area contributed by atoms with E-state index in [-0.39, 0.29) is 0 Å². The van der Waals surface area contributed by atoms with Gasteiger partial charge in [0.15, 0.2) is 17.5 Å². The maximum Gasteiger partial charge on any atom is 0.164 e. The zero-order valence-electron chi connectivity index (χ0n) is 32.8. The number of pyridine rings is 1. The number of nitrogens with zero attached hydrogens (tertiary/aromatic N) is 4. The number of ether oxygens (including phenoxy) is 1. The molecule has 5 nitrogen and oxygen atoms in total. The van der Waals surface area contributed by atoms with Crippen molar-refractivity contribution in [1.29, 1.82) is 0 Å². The first-order valence-corrected chi connectivity index (χ1v) is 19.8. The van der Waals surface area contributed by atoms with E-state index in [0.29, 0.717) is 23.0 Å². The topological polar surface area (TPSA) is 60.8 Å². The lowest BCUT2D eigenvalue weighted by Gasteiger charge is -2.40. The number of hydrogen-bond acceptors (Lipinski definition) is 5. The van der Waals surface area contributed by atoms with Gasteiger partial charge in [-0.15, -0.1) is 0 Å². The van der Waals surface area contributed by atoms with E-state index in [1.54, 1.807) is 18.2 Å². The van der Waals surface area contributed by atoms with Crippen LogP contribution in [0.4, 0.5) is 0 Å². The number of allylic oxidation sites excluding steroid dienone is 8. The highest BCUT2D eigenvalue weighted by molar-refractivity contribution is 5.95. The minimum absolute atomic E-state index is 0.447. The van der Waals surface area contributed by atoms with E-state index in [2.05, 4.69) is 153 Å². The summed E-state index contributed by atoms with van der Waals surface area (Å²) in [5.41, 5.74) is 13.7. The first-order chi connectivity index (χ1) is 29.5. The minimum Gasteiger partial charge on any atom is -0.457 e. The van der Waals surface area contributed by atoms with Gasteiger partial charge >= 0.3 is 0 Å². The lowest BCUT2D eigenvalue weighted by Crippen LogP contribution is -2.32. The van der Waals surface area contributed by atoms with Crippen LogP contribution in [0.2, 0.25) is 0 Å². The van der Waals surface area contributed by atoms with Gasteiger partial charge in [-0.1, -0.05) is 160 Å². The van der Waals surface area contributed by atoms with E-state index in [4.69, 9.17) is 19.7 Å². The van der Waals surface area contributed by atoms with E-state index >= 15 is 0 Å². The van der Waals surface area contributed by atoms with Gasteiger partial charge in [0.1, 0.15) is 11.5 Å². The molecule has 0 N–H and O–H groups in total. The molecule has 5 heteroatoms. The third kappa shape index (κ3) is 5.78. The van der Waals surface area contributed by atoms with Crippen molar-refractivity contribution in [2.24, 2.45) is 0 Å². The molecule has 0 saturated heterocycles. The molecule has 0 bridgehead atoms. The van der Waals surface area contributed by atoms with Gasteiger partial charge in [-0.2, -0.15) is 0 Å². The number of rotatable bonds is 9. The first kappa shape index (κ1) is 36.3. The summed E-state index contributed by atoms with van der Waals surface area (Å²) >= 11 is 0. The number of fused-ring (bicyclic) bond motifs is 10. The molecule has 10 rings (SSSR count). The maximum atomic E-state index is 6.89. The Morgan fingerprint density at radius 1 is 0.550 bits per heavy atom. The Balaban J connectivity index is 1.17. The molecule has 3 heterocycles. The van der Waals surface area contributed by atoms with Gasteiger partial charge < -0.3 is 4.74 Å². The van der Waals surface area contributed by atoms with Gasteiger partial charge in [0.25, 0.3) is 0 Å². The summed E-state index contributed by atoms with van der Waals surface area (Å²) in [6.45, 7) is 16.0. The van der Waals surface area contributed by atoms with Crippen molar-refractivity contribution in [1.82, 2.24) is 19.9 Å². The van der Waals surface area contributed by atoms with E-state index in [0.717, 1.165) is 66.9 Å². The zero-order chi connectivity index (χ0) is 40.8. The smallest absolute Gasteiger partial charge is 0.164 e. The van der Waals surface area contributed by atoms with Crippen molar-refractivity contribution in [3.63, 3.8) is 0 Å². The molecular weight excluding hydrogens is 733 g/mol. The van der Waals surface area contributed by atoms with Crippen molar-refractivity contribution in [2.75, 3.05) is 0 Å². The second-order valence-corrected chi connectivity index (χ2v) is 14.8.